The highest BCUT2D eigenvalue weighted by atomic mass is 14.8. The van der Waals surface area contributed by atoms with Gasteiger partial charge in [-0.2, -0.15) is 0 Å². The molecule has 0 aliphatic heterocycles. The fourth-order valence-electron chi connectivity index (χ4n) is 3.11. The minimum Gasteiger partial charge on any atom is -0.255 e. The lowest BCUT2D eigenvalue weighted by atomic mass is 10.0. The minimum absolute atomic E-state index is 0.888. The average molecular weight is 390 g/mol. The Balaban J connectivity index is 1.50. The van der Waals surface area contributed by atoms with Crippen molar-refractivity contribution in [1.82, 2.24) is 9.97 Å². The van der Waals surface area contributed by atoms with E-state index in [2.05, 4.69) is 44.2 Å². The smallest absolute Gasteiger partial charge is 0.0841 e. The summed E-state index contributed by atoms with van der Waals surface area (Å²) in [6.45, 7) is 3.95. The van der Waals surface area contributed by atoms with Crippen LogP contribution in [0.3, 0.4) is 0 Å². The highest BCUT2D eigenvalue weighted by Gasteiger charge is 2.02. The van der Waals surface area contributed by atoms with Gasteiger partial charge in [0.15, 0.2) is 0 Å². The maximum absolute atomic E-state index is 4.67. The second kappa shape index (κ2) is 9.05. The van der Waals surface area contributed by atoms with Gasteiger partial charge in [-0.25, -0.2) is 0 Å². The molecule has 0 amide bonds. The molecule has 4 rings (SSSR count). The number of nitrogens with zero attached hydrogens (tertiary/aromatic N) is 4. The Kier molecular flexibility index (Phi) is 5.85. The Labute approximate surface area is 176 Å². The van der Waals surface area contributed by atoms with Crippen molar-refractivity contribution >= 4 is 22.8 Å². The molecule has 0 N–H and O–H groups in total. The molecule has 0 saturated carbocycles. The predicted octanol–water partition coefficient (Wildman–Crippen LogP) is 6.43. The third-order valence-corrected chi connectivity index (χ3v) is 4.73. The highest BCUT2D eigenvalue weighted by molar-refractivity contribution is 5.99. The molecule has 0 unspecified atom stereocenters. The lowest BCUT2D eigenvalue weighted by Gasteiger charge is -2.05. The molecule has 0 atom stereocenters. The lowest BCUT2D eigenvalue weighted by molar-refractivity contribution is 1.28. The zero-order chi connectivity index (χ0) is 20.8. The van der Waals surface area contributed by atoms with Crippen LogP contribution in [0, 0.1) is 0 Å². The molecule has 4 aromatic rings. The number of aromatic nitrogens is 2. The summed E-state index contributed by atoms with van der Waals surface area (Å²) >= 11 is 0. The molecule has 0 fully saturated rings. The molecule has 0 aliphatic rings. The molecule has 0 aliphatic carbocycles. The number of rotatable bonds is 5. The van der Waals surface area contributed by atoms with Gasteiger partial charge in [-0.3, -0.25) is 20.0 Å². The van der Waals surface area contributed by atoms with Crippen LogP contribution in [0.15, 0.2) is 107 Å². The molecule has 2 heterocycles. The van der Waals surface area contributed by atoms with E-state index in [-0.39, 0.29) is 0 Å². The van der Waals surface area contributed by atoms with Crippen LogP contribution in [0.5, 0.6) is 0 Å². The van der Waals surface area contributed by atoms with Gasteiger partial charge < -0.3 is 0 Å². The first-order chi connectivity index (χ1) is 14.7. The second-order valence-electron chi connectivity index (χ2n) is 6.92. The van der Waals surface area contributed by atoms with Gasteiger partial charge in [0, 0.05) is 12.4 Å². The predicted molar refractivity (Wildman–Crippen MR) is 124 cm³/mol. The van der Waals surface area contributed by atoms with Crippen LogP contribution >= 0.6 is 0 Å². The van der Waals surface area contributed by atoms with Crippen molar-refractivity contribution in [2.24, 2.45) is 9.98 Å². The minimum atomic E-state index is 0.888. The summed E-state index contributed by atoms with van der Waals surface area (Å²) in [6, 6.07) is 28.1. The quantitative estimate of drug-likeness (QED) is 0.369. The van der Waals surface area contributed by atoms with E-state index in [0.717, 1.165) is 45.3 Å². The monoisotopic (exact) mass is 390 g/mol. The molecule has 0 spiro atoms. The summed E-state index contributed by atoms with van der Waals surface area (Å²) in [5, 5.41) is 0. The van der Waals surface area contributed by atoms with E-state index >= 15 is 0 Å². The topological polar surface area (TPSA) is 50.5 Å². The molecule has 0 bridgehead atoms. The van der Waals surface area contributed by atoms with Gasteiger partial charge >= 0.3 is 0 Å². The van der Waals surface area contributed by atoms with E-state index in [0.29, 0.717) is 0 Å². The van der Waals surface area contributed by atoms with Crippen LogP contribution < -0.4 is 0 Å². The van der Waals surface area contributed by atoms with Crippen molar-refractivity contribution in [2.75, 3.05) is 0 Å². The summed E-state index contributed by atoms with van der Waals surface area (Å²) in [7, 11) is 0. The van der Waals surface area contributed by atoms with Gasteiger partial charge in [-0.15, -0.1) is 0 Å². The summed E-state index contributed by atoms with van der Waals surface area (Å²) in [6.07, 6.45) is 3.56. The van der Waals surface area contributed by atoms with Gasteiger partial charge in [-0.1, -0.05) is 36.4 Å². The van der Waals surface area contributed by atoms with Gasteiger partial charge in [0.2, 0.25) is 0 Å². The normalized spacial score (nSPS) is 12.1. The van der Waals surface area contributed by atoms with E-state index in [4.69, 9.17) is 0 Å². The van der Waals surface area contributed by atoms with Gasteiger partial charge in [0.1, 0.15) is 0 Å². The lowest BCUT2D eigenvalue weighted by Crippen LogP contribution is -1.96. The van der Waals surface area contributed by atoms with Crippen molar-refractivity contribution < 1.29 is 0 Å². The van der Waals surface area contributed by atoms with E-state index in [1.807, 2.05) is 74.5 Å². The largest absolute Gasteiger partial charge is 0.255 e. The average Bonchev–Trinajstić information content (AvgIpc) is 2.81. The molecule has 4 heteroatoms. The number of aliphatic imine (C=N–C) groups is 2. The Morgan fingerprint density at radius 2 is 0.933 bits per heavy atom. The molecule has 0 saturated heterocycles. The summed E-state index contributed by atoms with van der Waals surface area (Å²) in [5.74, 6) is 0. The Morgan fingerprint density at radius 1 is 0.533 bits per heavy atom. The molecular formula is C26H22N4. The number of benzene rings is 2. The van der Waals surface area contributed by atoms with Crippen LogP contribution in [0.25, 0.3) is 11.1 Å². The number of hydrogen-bond acceptors (Lipinski definition) is 4. The van der Waals surface area contributed by atoms with Crippen molar-refractivity contribution in [3.63, 3.8) is 0 Å². The Hall–Kier alpha value is -3.92. The fourth-order valence-corrected chi connectivity index (χ4v) is 3.11. The first kappa shape index (κ1) is 19.4. The maximum Gasteiger partial charge on any atom is 0.0841 e. The zero-order valence-electron chi connectivity index (χ0n) is 17.0. The Morgan fingerprint density at radius 3 is 1.27 bits per heavy atom. The number of hydrogen-bond donors (Lipinski definition) is 0. The number of pyridine rings is 2. The van der Waals surface area contributed by atoms with Crippen molar-refractivity contribution in [3.8, 4) is 11.1 Å². The van der Waals surface area contributed by atoms with Crippen molar-refractivity contribution in [2.45, 2.75) is 13.8 Å². The van der Waals surface area contributed by atoms with Crippen molar-refractivity contribution in [1.29, 1.82) is 0 Å². The molecular weight excluding hydrogens is 368 g/mol. The third kappa shape index (κ3) is 4.73. The van der Waals surface area contributed by atoms with E-state index in [1.54, 1.807) is 12.4 Å². The van der Waals surface area contributed by atoms with Crippen molar-refractivity contribution in [3.05, 3.63) is 109 Å². The van der Waals surface area contributed by atoms with Gasteiger partial charge in [0.25, 0.3) is 0 Å². The van der Waals surface area contributed by atoms with E-state index < -0.39 is 0 Å². The highest BCUT2D eigenvalue weighted by Crippen LogP contribution is 2.25. The van der Waals surface area contributed by atoms with Gasteiger partial charge in [0.05, 0.1) is 34.2 Å². The first-order valence-electron chi connectivity index (χ1n) is 9.83. The zero-order valence-corrected chi connectivity index (χ0v) is 17.0. The van der Waals surface area contributed by atoms with Gasteiger partial charge in [-0.05, 0) is 73.5 Å². The SMILES string of the molecule is CC(=Nc1ccc(-c2ccc(N=C(C)c3ccccn3)cc2)cc1)c1ccccn1. The summed E-state index contributed by atoms with van der Waals surface area (Å²) < 4.78 is 0. The fraction of sp³-hybridized carbons (Fsp3) is 0.0769. The third-order valence-electron chi connectivity index (χ3n) is 4.73. The molecule has 146 valence electrons. The molecule has 2 aromatic heterocycles. The van der Waals surface area contributed by atoms with Crippen LogP contribution in [-0.4, -0.2) is 21.4 Å². The van der Waals surface area contributed by atoms with E-state index in [1.165, 1.54) is 0 Å². The van der Waals surface area contributed by atoms with E-state index in [9.17, 15) is 0 Å². The molecule has 2 aromatic carbocycles. The van der Waals surface area contributed by atoms with Crippen LogP contribution in [0.4, 0.5) is 11.4 Å². The molecule has 4 nitrogen and oxygen atoms in total. The Bertz CT molecular complexity index is 1060. The van der Waals surface area contributed by atoms with Crippen LogP contribution in [0.2, 0.25) is 0 Å². The molecule has 30 heavy (non-hydrogen) atoms. The maximum atomic E-state index is 4.67. The summed E-state index contributed by atoms with van der Waals surface area (Å²) in [5.41, 5.74) is 7.67. The summed E-state index contributed by atoms with van der Waals surface area (Å²) in [4.78, 5) is 18.0. The van der Waals surface area contributed by atoms with Crippen LogP contribution in [0.1, 0.15) is 25.2 Å². The molecule has 0 radical (unpaired) electrons. The van der Waals surface area contributed by atoms with Crippen LogP contribution in [-0.2, 0) is 0 Å². The standard InChI is InChI=1S/C26H22N4/c1-19(25-7-3-5-17-27-25)29-23-13-9-21(10-14-23)22-11-15-24(16-12-22)30-20(2)26-8-4-6-18-28-26/h3-18H,1-2H3. The second-order valence-corrected chi connectivity index (χ2v) is 6.92. The first-order valence-corrected chi connectivity index (χ1v) is 9.83.